The number of hydrogen-bond donors (Lipinski definition) is 0. The molecule has 0 saturated carbocycles. The number of rotatable bonds is 13. The zero-order valence-electron chi connectivity index (χ0n) is 51.4. The van der Waals surface area contributed by atoms with Gasteiger partial charge >= 0.3 is 0 Å². The molecule has 0 bridgehead atoms. The largest absolute Gasteiger partial charge is 0.310 e. The van der Waals surface area contributed by atoms with E-state index >= 15 is 0 Å². The van der Waals surface area contributed by atoms with Gasteiger partial charge in [-0.05, 0) is 243 Å². The molecule has 424 valence electrons. The molecule has 11 aromatic rings. The summed E-state index contributed by atoms with van der Waals surface area (Å²) in [6.07, 6.45) is 9.73. The van der Waals surface area contributed by atoms with Crippen molar-refractivity contribution in [3.8, 4) is 22.3 Å². The minimum absolute atomic E-state index is 0.194. The monoisotopic (exact) mass is 1120 g/mol. The normalized spacial score (nSPS) is 13.9. The quantitative estimate of drug-likeness (QED) is 0.114. The first kappa shape index (κ1) is 55.1. The van der Waals surface area contributed by atoms with Gasteiger partial charge in [-0.2, -0.15) is 0 Å². The second kappa shape index (κ2) is 22.6. The van der Waals surface area contributed by atoms with E-state index in [0.717, 1.165) is 53.4 Å². The van der Waals surface area contributed by atoms with Crippen molar-refractivity contribution in [2.75, 3.05) is 9.80 Å². The molecule has 87 heavy (non-hydrogen) atoms. The number of anilines is 6. The summed E-state index contributed by atoms with van der Waals surface area (Å²) in [5, 5.41) is 0. The van der Waals surface area contributed by atoms with Gasteiger partial charge in [-0.15, -0.1) is 0 Å². The van der Waals surface area contributed by atoms with Crippen molar-refractivity contribution < 1.29 is 0 Å². The molecule has 3 aliphatic carbocycles. The van der Waals surface area contributed by atoms with E-state index in [2.05, 4.69) is 326 Å². The fourth-order valence-electron chi connectivity index (χ4n) is 14.0. The highest BCUT2D eigenvalue weighted by Crippen LogP contribution is 2.65. The Morgan fingerprint density at radius 3 is 1.07 bits per heavy atom. The molecule has 0 N–H and O–H groups in total. The second-order valence-corrected chi connectivity index (χ2v) is 25.1. The fraction of sp³-hybridized carbons (Fsp3) is 0.153. The Morgan fingerprint density at radius 2 is 0.667 bits per heavy atom. The standard InChI is InChI=1S/C85H74N2/c1-55-9-25-63(26-10-55)49-69(50-64-27-11-56(2)12-28-64)67-33-45-76-77-46-34-68(84(65-29-13-57(3)14-30-65)66-31-15-58(4)16-32-66)52-81(77)85(80(76)51-67)82-53-74(86(70-35-17-59(5)18-36-70)71-37-19-60(6)20-38-71)43-47-78(82)79-48-44-75(54-83(79)85)87(72-39-21-61(7)22-40-72)73-41-23-62(8)24-42-73/h9-31,33-48,51-54,69H,32,49-50H2,1-8H3. The summed E-state index contributed by atoms with van der Waals surface area (Å²) in [4.78, 5) is 4.93. The Kier molecular flexibility index (Phi) is 14.3. The van der Waals surface area contributed by atoms with Crippen LogP contribution in [0.25, 0.3) is 27.8 Å². The third-order valence-corrected chi connectivity index (χ3v) is 18.8. The van der Waals surface area contributed by atoms with E-state index in [-0.39, 0.29) is 5.92 Å². The van der Waals surface area contributed by atoms with Gasteiger partial charge in [0.05, 0.1) is 5.41 Å². The minimum atomic E-state index is -0.772. The van der Waals surface area contributed by atoms with Crippen LogP contribution in [0.5, 0.6) is 0 Å². The first-order valence-electron chi connectivity index (χ1n) is 31.1. The van der Waals surface area contributed by atoms with Crippen LogP contribution in [0.15, 0.2) is 272 Å². The molecule has 0 saturated heterocycles. The van der Waals surface area contributed by atoms with E-state index in [9.17, 15) is 0 Å². The van der Waals surface area contributed by atoms with E-state index in [1.54, 1.807) is 0 Å². The number of fused-ring (bicyclic) bond motifs is 10. The van der Waals surface area contributed by atoms with Crippen molar-refractivity contribution in [3.63, 3.8) is 0 Å². The summed E-state index contributed by atoms with van der Waals surface area (Å²) in [5.41, 5.74) is 35.3. The van der Waals surface area contributed by atoms with Crippen LogP contribution < -0.4 is 9.80 Å². The van der Waals surface area contributed by atoms with Crippen LogP contribution in [0.4, 0.5) is 34.1 Å². The van der Waals surface area contributed by atoms with E-state index < -0.39 is 5.41 Å². The number of aryl methyl sites for hydroxylation is 7. The Balaban J connectivity index is 1.09. The van der Waals surface area contributed by atoms with Gasteiger partial charge < -0.3 is 9.80 Å². The minimum Gasteiger partial charge on any atom is -0.310 e. The maximum Gasteiger partial charge on any atom is 0.0727 e. The van der Waals surface area contributed by atoms with Crippen LogP contribution in [0, 0.1) is 48.5 Å². The van der Waals surface area contributed by atoms with E-state index in [0.29, 0.717) is 0 Å². The molecule has 14 rings (SSSR count). The molecule has 2 heteroatoms. The van der Waals surface area contributed by atoms with Crippen LogP contribution in [-0.4, -0.2) is 0 Å². The molecule has 0 heterocycles. The average molecular weight is 1120 g/mol. The summed E-state index contributed by atoms with van der Waals surface area (Å²) < 4.78 is 0. The average Bonchev–Trinajstić information content (AvgIpc) is 1.51. The topological polar surface area (TPSA) is 6.48 Å². The van der Waals surface area contributed by atoms with Crippen molar-refractivity contribution in [2.45, 2.75) is 86.0 Å². The van der Waals surface area contributed by atoms with Crippen LogP contribution >= 0.6 is 0 Å². The van der Waals surface area contributed by atoms with Crippen molar-refractivity contribution in [2.24, 2.45) is 0 Å². The Hall–Kier alpha value is -9.76. The zero-order valence-corrected chi connectivity index (χ0v) is 51.4. The van der Waals surface area contributed by atoms with E-state index in [1.165, 1.54) is 128 Å². The highest BCUT2D eigenvalue weighted by Gasteiger charge is 2.53. The summed E-state index contributed by atoms with van der Waals surface area (Å²) in [7, 11) is 0. The van der Waals surface area contributed by atoms with Crippen LogP contribution in [-0.2, 0) is 18.3 Å². The Bertz CT molecular complexity index is 4210. The molecular weight excluding hydrogens is 1050 g/mol. The lowest BCUT2D eigenvalue weighted by Gasteiger charge is -2.34. The molecule has 0 amide bonds. The Morgan fingerprint density at radius 1 is 0.333 bits per heavy atom. The maximum atomic E-state index is 2.66. The summed E-state index contributed by atoms with van der Waals surface area (Å²) in [6, 6.07) is 93.7. The van der Waals surface area contributed by atoms with Crippen molar-refractivity contribution >= 4 is 39.7 Å². The molecule has 0 atom stereocenters. The van der Waals surface area contributed by atoms with Crippen molar-refractivity contribution in [1.29, 1.82) is 0 Å². The summed E-state index contributed by atoms with van der Waals surface area (Å²) in [6.45, 7) is 17.5. The van der Waals surface area contributed by atoms with Gasteiger partial charge in [0, 0.05) is 34.1 Å². The van der Waals surface area contributed by atoms with Gasteiger partial charge in [-0.1, -0.05) is 227 Å². The zero-order chi connectivity index (χ0) is 59.5. The highest BCUT2D eigenvalue weighted by molar-refractivity contribution is 5.99. The van der Waals surface area contributed by atoms with Gasteiger partial charge in [-0.3, -0.25) is 0 Å². The predicted octanol–water partition coefficient (Wildman–Crippen LogP) is 22.4. The first-order chi connectivity index (χ1) is 42.3. The third kappa shape index (κ3) is 10.3. The lowest BCUT2D eigenvalue weighted by molar-refractivity contribution is 0.676. The van der Waals surface area contributed by atoms with Crippen molar-refractivity contribution in [3.05, 3.63) is 361 Å². The molecule has 11 aromatic carbocycles. The van der Waals surface area contributed by atoms with Crippen LogP contribution in [0.2, 0.25) is 0 Å². The summed E-state index contributed by atoms with van der Waals surface area (Å²) >= 11 is 0. The molecule has 0 radical (unpaired) electrons. The second-order valence-electron chi connectivity index (χ2n) is 25.1. The molecule has 2 nitrogen and oxygen atoms in total. The summed E-state index contributed by atoms with van der Waals surface area (Å²) in [5.74, 6) is 0.194. The number of nitrogens with zero attached hydrogens (tertiary/aromatic N) is 2. The van der Waals surface area contributed by atoms with Crippen molar-refractivity contribution in [1.82, 2.24) is 0 Å². The molecule has 0 unspecified atom stereocenters. The van der Waals surface area contributed by atoms with Gasteiger partial charge in [0.15, 0.2) is 0 Å². The molecule has 0 aromatic heterocycles. The maximum absolute atomic E-state index is 2.66. The Labute approximate surface area is 515 Å². The lowest BCUT2D eigenvalue weighted by atomic mass is 9.69. The number of allylic oxidation sites excluding steroid dienone is 5. The smallest absolute Gasteiger partial charge is 0.0727 e. The first-order valence-corrected chi connectivity index (χ1v) is 31.1. The molecule has 0 fully saturated rings. The lowest BCUT2D eigenvalue weighted by Crippen LogP contribution is -2.27. The molecule has 3 aliphatic rings. The van der Waals surface area contributed by atoms with Gasteiger partial charge in [0.2, 0.25) is 0 Å². The van der Waals surface area contributed by atoms with Crippen LogP contribution in [0.1, 0.15) is 108 Å². The molecule has 1 spiro atoms. The SMILES string of the molecule is CC1=CCC(=C(c2ccc(C)cc2)c2ccc3c(c2)C2(c4cc(C(Cc5ccc(C)cc5)Cc5ccc(C)cc5)ccc4-3)c3cc(N(c4ccc(C)cc4)c4ccc(C)cc4)ccc3-c3ccc(N(c4ccc(C)cc4)c4ccc(C)cc4)cc32)C=C1. The van der Waals surface area contributed by atoms with Gasteiger partial charge in [0.25, 0.3) is 0 Å². The molecular formula is C85H74N2. The van der Waals surface area contributed by atoms with Crippen LogP contribution in [0.3, 0.4) is 0 Å². The van der Waals surface area contributed by atoms with Gasteiger partial charge in [-0.25, -0.2) is 0 Å². The number of hydrogen-bond acceptors (Lipinski definition) is 2. The van der Waals surface area contributed by atoms with Gasteiger partial charge in [0.1, 0.15) is 0 Å². The molecule has 0 aliphatic heterocycles. The van der Waals surface area contributed by atoms with E-state index in [4.69, 9.17) is 0 Å². The fourth-order valence-corrected chi connectivity index (χ4v) is 14.0. The highest BCUT2D eigenvalue weighted by atomic mass is 15.1. The predicted molar refractivity (Wildman–Crippen MR) is 368 cm³/mol. The third-order valence-electron chi connectivity index (χ3n) is 18.8. The number of benzene rings is 11. The van der Waals surface area contributed by atoms with E-state index in [1.807, 2.05) is 0 Å².